The molecule has 0 unspecified atom stereocenters. The molecule has 126 valence electrons. The molecule has 0 fully saturated rings. The van der Waals surface area contributed by atoms with Gasteiger partial charge in [-0.1, -0.05) is 50.3 Å². The summed E-state index contributed by atoms with van der Waals surface area (Å²) in [6.07, 6.45) is 6.19. The average molecular weight is 341 g/mol. The topological polar surface area (TPSA) is 17.8 Å². The fraction of sp³-hybridized carbons (Fsp3) is 0.286. The van der Waals surface area contributed by atoms with Crippen molar-refractivity contribution in [3.63, 3.8) is 0 Å². The first kappa shape index (κ1) is 18.3. The zero-order valence-corrected chi connectivity index (χ0v) is 15.6. The van der Waals surface area contributed by atoms with E-state index < -0.39 is 0 Å². The number of fused-ring (bicyclic) bond motifs is 1. The lowest BCUT2D eigenvalue weighted by molar-refractivity contribution is 0.527. The van der Waals surface area contributed by atoms with E-state index in [0.29, 0.717) is 5.92 Å². The zero-order chi connectivity index (χ0) is 16.4. The predicted octanol–water partition coefficient (Wildman–Crippen LogP) is 5.90. The molecule has 0 aliphatic carbocycles. The normalized spacial score (nSPS) is 11.4. The third kappa shape index (κ3) is 3.54. The highest BCUT2D eigenvalue weighted by Crippen LogP contribution is 2.28. The van der Waals surface area contributed by atoms with Crippen LogP contribution in [0.5, 0.6) is 0 Å². The lowest BCUT2D eigenvalue weighted by Crippen LogP contribution is -2.07. The van der Waals surface area contributed by atoms with E-state index in [9.17, 15) is 0 Å². The van der Waals surface area contributed by atoms with Gasteiger partial charge in [0, 0.05) is 23.8 Å². The Labute approximate surface area is 150 Å². The number of nitrogens with zero attached hydrogens (tertiary/aromatic N) is 2. The van der Waals surface area contributed by atoms with Gasteiger partial charge in [-0.2, -0.15) is 0 Å². The van der Waals surface area contributed by atoms with E-state index in [4.69, 9.17) is 0 Å². The molecule has 3 aromatic rings. The number of aryl methyl sites for hydroxylation is 1. The SMILES string of the molecule is Cc1c(C)n(CC(C)C)c2c(/C=C/c3ccccc3)nccc12.Cl. The maximum Gasteiger partial charge on any atom is 0.0872 e. The molecule has 0 aliphatic heterocycles. The summed E-state index contributed by atoms with van der Waals surface area (Å²) in [5.41, 5.74) is 6.20. The van der Waals surface area contributed by atoms with Crippen LogP contribution in [-0.2, 0) is 6.54 Å². The summed E-state index contributed by atoms with van der Waals surface area (Å²) >= 11 is 0. The minimum atomic E-state index is 0. The molecule has 2 nitrogen and oxygen atoms in total. The Morgan fingerprint density at radius 2 is 1.75 bits per heavy atom. The fourth-order valence-electron chi connectivity index (χ4n) is 3.08. The van der Waals surface area contributed by atoms with E-state index in [-0.39, 0.29) is 12.4 Å². The standard InChI is InChI=1S/C21H24N2.ClH/c1-15(2)14-23-17(4)16(3)19-12-13-22-20(21(19)23)11-10-18-8-6-5-7-9-18;/h5-13,15H,14H2,1-4H3;1H/b11-10+;. The van der Waals surface area contributed by atoms with E-state index >= 15 is 0 Å². The molecule has 0 amide bonds. The van der Waals surface area contributed by atoms with Crippen LogP contribution in [-0.4, -0.2) is 9.55 Å². The second-order valence-corrected chi connectivity index (χ2v) is 6.55. The first-order chi connectivity index (χ1) is 11.1. The molecule has 0 aliphatic rings. The predicted molar refractivity (Wildman–Crippen MR) is 107 cm³/mol. The molecule has 1 aromatic carbocycles. The molecule has 2 aromatic heterocycles. The molecular weight excluding hydrogens is 316 g/mol. The van der Waals surface area contributed by atoms with Gasteiger partial charge in [0.15, 0.2) is 0 Å². The second-order valence-electron chi connectivity index (χ2n) is 6.55. The van der Waals surface area contributed by atoms with Crippen molar-refractivity contribution >= 4 is 35.5 Å². The number of benzene rings is 1. The molecule has 0 bridgehead atoms. The van der Waals surface area contributed by atoms with Gasteiger partial charge in [0.05, 0.1) is 11.2 Å². The molecule has 0 radical (unpaired) electrons. The Balaban J connectivity index is 0.00000208. The minimum absolute atomic E-state index is 0. The van der Waals surface area contributed by atoms with E-state index in [1.165, 1.54) is 27.7 Å². The highest BCUT2D eigenvalue weighted by atomic mass is 35.5. The number of halogens is 1. The number of rotatable bonds is 4. The largest absolute Gasteiger partial charge is 0.343 e. The van der Waals surface area contributed by atoms with Crippen LogP contribution in [0.15, 0.2) is 42.6 Å². The van der Waals surface area contributed by atoms with Crippen molar-refractivity contribution in [3.8, 4) is 0 Å². The van der Waals surface area contributed by atoms with Gasteiger partial charge < -0.3 is 4.57 Å². The molecule has 24 heavy (non-hydrogen) atoms. The van der Waals surface area contributed by atoms with Crippen molar-refractivity contribution in [2.24, 2.45) is 5.92 Å². The van der Waals surface area contributed by atoms with Gasteiger partial charge in [-0.25, -0.2) is 0 Å². The first-order valence-electron chi connectivity index (χ1n) is 8.25. The molecule has 0 saturated carbocycles. The van der Waals surface area contributed by atoms with Crippen molar-refractivity contribution in [1.82, 2.24) is 9.55 Å². The van der Waals surface area contributed by atoms with E-state index in [1.54, 1.807) is 0 Å². The molecule has 0 saturated heterocycles. The second kappa shape index (κ2) is 7.67. The van der Waals surface area contributed by atoms with Crippen LogP contribution in [0, 0.1) is 19.8 Å². The smallest absolute Gasteiger partial charge is 0.0872 e. The van der Waals surface area contributed by atoms with Gasteiger partial charge in [0.1, 0.15) is 0 Å². The summed E-state index contributed by atoms with van der Waals surface area (Å²) < 4.78 is 2.42. The van der Waals surface area contributed by atoms with Crippen LogP contribution in [0.2, 0.25) is 0 Å². The number of hydrogen-bond donors (Lipinski definition) is 0. The fourth-order valence-corrected chi connectivity index (χ4v) is 3.08. The molecular formula is C21H25ClN2. The molecule has 3 heteroatoms. The molecule has 3 rings (SSSR count). The van der Waals surface area contributed by atoms with Crippen LogP contribution in [0.3, 0.4) is 0 Å². The van der Waals surface area contributed by atoms with Crippen LogP contribution in [0.1, 0.15) is 36.4 Å². The third-order valence-electron chi connectivity index (χ3n) is 4.36. The monoisotopic (exact) mass is 340 g/mol. The Morgan fingerprint density at radius 3 is 2.42 bits per heavy atom. The number of aromatic nitrogens is 2. The summed E-state index contributed by atoms with van der Waals surface area (Å²) in [6, 6.07) is 12.5. The summed E-state index contributed by atoms with van der Waals surface area (Å²) in [4.78, 5) is 4.64. The molecule has 0 spiro atoms. The highest BCUT2D eigenvalue weighted by molar-refractivity contribution is 5.92. The van der Waals surface area contributed by atoms with Gasteiger partial charge in [0.2, 0.25) is 0 Å². The average Bonchev–Trinajstić information content (AvgIpc) is 2.79. The summed E-state index contributed by atoms with van der Waals surface area (Å²) in [6.45, 7) is 9.96. The van der Waals surface area contributed by atoms with Crippen LogP contribution < -0.4 is 0 Å². The lowest BCUT2D eigenvalue weighted by Gasteiger charge is -2.12. The zero-order valence-electron chi connectivity index (χ0n) is 14.8. The lowest BCUT2D eigenvalue weighted by atomic mass is 10.1. The summed E-state index contributed by atoms with van der Waals surface area (Å²) in [7, 11) is 0. The van der Waals surface area contributed by atoms with Crippen molar-refractivity contribution in [2.45, 2.75) is 34.2 Å². The van der Waals surface area contributed by atoms with Crippen molar-refractivity contribution in [1.29, 1.82) is 0 Å². The minimum Gasteiger partial charge on any atom is -0.343 e. The van der Waals surface area contributed by atoms with E-state index in [1.807, 2.05) is 12.3 Å². The number of pyridine rings is 1. The maximum absolute atomic E-state index is 4.64. The molecule has 2 heterocycles. The Morgan fingerprint density at radius 1 is 1.04 bits per heavy atom. The molecule has 0 N–H and O–H groups in total. The van der Waals surface area contributed by atoms with E-state index in [0.717, 1.165) is 12.2 Å². The highest BCUT2D eigenvalue weighted by Gasteiger charge is 2.14. The van der Waals surface area contributed by atoms with Crippen LogP contribution in [0.25, 0.3) is 23.1 Å². The van der Waals surface area contributed by atoms with Crippen LogP contribution in [0.4, 0.5) is 0 Å². The maximum atomic E-state index is 4.64. The third-order valence-corrected chi connectivity index (χ3v) is 4.36. The van der Waals surface area contributed by atoms with Crippen molar-refractivity contribution in [2.75, 3.05) is 0 Å². The molecule has 0 atom stereocenters. The Kier molecular flexibility index (Phi) is 5.84. The number of hydrogen-bond acceptors (Lipinski definition) is 1. The van der Waals surface area contributed by atoms with Gasteiger partial charge >= 0.3 is 0 Å². The van der Waals surface area contributed by atoms with E-state index in [2.05, 4.69) is 79.7 Å². The van der Waals surface area contributed by atoms with Crippen molar-refractivity contribution in [3.05, 3.63) is 65.1 Å². The first-order valence-corrected chi connectivity index (χ1v) is 8.25. The Bertz CT molecular complexity index is 845. The van der Waals surface area contributed by atoms with Gasteiger partial charge in [-0.05, 0) is 43.0 Å². The van der Waals surface area contributed by atoms with Crippen LogP contribution >= 0.6 is 12.4 Å². The Hall–Kier alpha value is -2.06. The van der Waals surface area contributed by atoms with Crippen molar-refractivity contribution < 1.29 is 0 Å². The quantitative estimate of drug-likeness (QED) is 0.578. The summed E-state index contributed by atoms with van der Waals surface area (Å²) in [5, 5.41) is 1.31. The summed E-state index contributed by atoms with van der Waals surface area (Å²) in [5.74, 6) is 0.606. The van der Waals surface area contributed by atoms with Gasteiger partial charge in [0.25, 0.3) is 0 Å². The van der Waals surface area contributed by atoms with Gasteiger partial charge in [-0.15, -0.1) is 12.4 Å². The van der Waals surface area contributed by atoms with Gasteiger partial charge in [-0.3, -0.25) is 4.98 Å².